The molecule has 1 fully saturated rings. The SMILES string of the molecule is COc1ccc(S(=O)(=O)NCCCN2CCOC2=O)c(OC)c1. The Balaban J connectivity index is 1.94. The summed E-state index contributed by atoms with van der Waals surface area (Å²) in [6, 6.07) is 4.49. The number of rotatable bonds is 8. The fourth-order valence-electron chi connectivity index (χ4n) is 2.18. The number of ether oxygens (including phenoxy) is 3. The molecule has 0 unspecified atom stereocenters. The van der Waals surface area contributed by atoms with Crippen LogP contribution in [-0.4, -0.2) is 59.9 Å². The molecule has 9 heteroatoms. The normalized spacial score (nSPS) is 14.7. The lowest BCUT2D eigenvalue weighted by atomic mass is 10.3. The number of benzene rings is 1. The van der Waals surface area contributed by atoms with Crippen LogP contribution >= 0.6 is 0 Å². The van der Waals surface area contributed by atoms with Crippen LogP contribution in [0.3, 0.4) is 0 Å². The quantitative estimate of drug-likeness (QED) is 0.702. The van der Waals surface area contributed by atoms with Gasteiger partial charge in [0.15, 0.2) is 0 Å². The minimum Gasteiger partial charge on any atom is -0.497 e. The number of hydrogen-bond donors (Lipinski definition) is 1. The Morgan fingerprint density at radius 3 is 2.70 bits per heavy atom. The van der Waals surface area contributed by atoms with Gasteiger partial charge < -0.3 is 19.1 Å². The molecule has 1 aliphatic rings. The fraction of sp³-hybridized carbons (Fsp3) is 0.500. The summed E-state index contributed by atoms with van der Waals surface area (Å²) >= 11 is 0. The van der Waals surface area contributed by atoms with Crippen molar-refractivity contribution >= 4 is 16.1 Å². The van der Waals surface area contributed by atoms with Crippen molar-refractivity contribution in [3.05, 3.63) is 18.2 Å². The highest BCUT2D eigenvalue weighted by molar-refractivity contribution is 7.89. The molecule has 2 rings (SSSR count). The Labute approximate surface area is 135 Å². The summed E-state index contributed by atoms with van der Waals surface area (Å²) in [5.74, 6) is 0.716. The molecule has 1 heterocycles. The van der Waals surface area contributed by atoms with Crippen molar-refractivity contribution in [2.24, 2.45) is 0 Å². The van der Waals surface area contributed by atoms with Crippen LogP contribution in [0.15, 0.2) is 23.1 Å². The van der Waals surface area contributed by atoms with Gasteiger partial charge in [-0.25, -0.2) is 17.9 Å². The van der Waals surface area contributed by atoms with Gasteiger partial charge in [-0.3, -0.25) is 0 Å². The topological polar surface area (TPSA) is 94.2 Å². The molecule has 8 nitrogen and oxygen atoms in total. The second-order valence-electron chi connectivity index (χ2n) is 4.87. The van der Waals surface area contributed by atoms with Gasteiger partial charge in [-0.05, 0) is 18.6 Å². The van der Waals surface area contributed by atoms with Gasteiger partial charge in [0.25, 0.3) is 0 Å². The standard InChI is InChI=1S/C14H20N2O6S/c1-20-11-4-5-13(12(10-11)21-2)23(18,19)15-6-3-7-16-8-9-22-14(16)17/h4-5,10,15H,3,6-9H2,1-2H3. The van der Waals surface area contributed by atoms with Crippen LogP contribution in [0.1, 0.15) is 6.42 Å². The molecule has 0 bridgehead atoms. The van der Waals surface area contributed by atoms with Crippen LogP contribution in [0.25, 0.3) is 0 Å². The molecule has 0 radical (unpaired) electrons. The van der Waals surface area contributed by atoms with Gasteiger partial charge in [0, 0.05) is 19.2 Å². The predicted octanol–water partition coefficient (Wildman–Crippen LogP) is 0.824. The Hall–Kier alpha value is -2.00. The van der Waals surface area contributed by atoms with E-state index in [0.29, 0.717) is 31.9 Å². The minimum absolute atomic E-state index is 0.0429. The van der Waals surface area contributed by atoms with E-state index in [2.05, 4.69) is 4.72 Å². The minimum atomic E-state index is -3.70. The third kappa shape index (κ3) is 4.26. The van der Waals surface area contributed by atoms with Crippen molar-refractivity contribution in [1.82, 2.24) is 9.62 Å². The molecule has 1 saturated heterocycles. The van der Waals surface area contributed by atoms with Gasteiger partial charge in [0.2, 0.25) is 10.0 Å². The van der Waals surface area contributed by atoms with Crippen LogP contribution < -0.4 is 14.2 Å². The van der Waals surface area contributed by atoms with E-state index in [9.17, 15) is 13.2 Å². The van der Waals surface area contributed by atoms with E-state index in [4.69, 9.17) is 14.2 Å². The van der Waals surface area contributed by atoms with Crippen LogP contribution in [-0.2, 0) is 14.8 Å². The summed E-state index contributed by atoms with van der Waals surface area (Å²) in [6.07, 6.45) is 0.136. The van der Waals surface area contributed by atoms with E-state index < -0.39 is 10.0 Å². The monoisotopic (exact) mass is 344 g/mol. The molecule has 1 aliphatic heterocycles. The molecule has 0 aliphatic carbocycles. The van der Waals surface area contributed by atoms with Gasteiger partial charge in [-0.15, -0.1) is 0 Å². The highest BCUT2D eigenvalue weighted by atomic mass is 32.2. The molecule has 1 N–H and O–H groups in total. The van der Waals surface area contributed by atoms with Crippen molar-refractivity contribution in [3.63, 3.8) is 0 Å². The first-order valence-electron chi connectivity index (χ1n) is 7.11. The maximum absolute atomic E-state index is 12.3. The lowest BCUT2D eigenvalue weighted by Crippen LogP contribution is -2.30. The highest BCUT2D eigenvalue weighted by Gasteiger charge is 2.22. The molecule has 23 heavy (non-hydrogen) atoms. The molecular weight excluding hydrogens is 324 g/mol. The first-order chi connectivity index (χ1) is 11.0. The average Bonchev–Trinajstić information content (AvgIpc) is 2.96. The van der Waals surface area contributed by atoms with E-state index in [1.54, 1.807) is 11.0 Å². The zero-order chi connectivity index (χ0) is 16.9. The number of cyclic esters (lactones) is 1. The molecule has 1 aromatic carbocycles. The molecule has 0 saturated carbocycles. The lowest BCUT2D eigenvalue weighted by Gasteiger charge is -2.14. The number of methoxy groups -OCH3 is 2. The second kappa shape index (κ2) is 7.51. The fourth-order valence-corrected chi connectivity index (χ4v) is 3.40. The van der Waals surface area contributed by atoms with Crippen LogP contribution in [0.4, 0.5) is 4.79 Å². The van der Waals surface area contributed by atoms with Crippen molar-refractivity contribution in [1.29, 1.82) is 0 Å². The van der Waals surface area contributed by atoms with Gasteiger partial charge >= 0.3 is 6.09 Å². The van der Waals surface area contributed by atoms with Gasteiger partial charge in [-0.1, -0.05) is 0 Å². The molecule has 128 valence electrons. The zero-order valence-electron chi connectivity index (χ0n) is 13.1. The van der Waals surface area contributed by atoms with E-state index in [-0.39, 0.29) is 23.3 Å². The van der Waals surface area contributed by atoms with E-state index >= 15 is 0 Å². The van der Waals surface area contributed by atoms with Crippen molar-refractivity contribution in [2.75, 3.05) is 40.5 Å². The second-order valence-corrected chi connectivity index (χ2v) is 6.60. The van der Waals surface area contributed by atoms with E-state index in [1.165, 1.54) is 26.4 Å². The van der Waals surface area contributed by atoms with Gasteiger partial charge in [0.1, 0.15) is 23.0 Å². The van der Waals surface area contributed by atoms with Gasteiger partial charge in [0.05, 0.1) is 20.8 Å². The molecule has 1 aromatic rings. The maximum atomic E-state index is 12.3. The third-order valence-corrected chi connectivity index (χ3v) is 4.90. The van der Waals surface area contributed by atoms with Crippen molar-refractivity contribution < 1.29 is 27.4 Å². The largest absolute Gasteiger partial charge is 0.497 e. The smallest absolute Gasteiger partial charge is 0.409 e. The summed E-state index contributed by atoms with van der Waals surface area (Å²) in [5, 5.41) is 0. The third-order valence-electron chi connectivity index (χ3n) is 3.40. The number of nitrogens with one attached hydrogen (secondary N) is 1. The maximum Gasteiger partial charge on any atom is 0.409 e. The van der Waals surface area contributed by atoms with Crippen LogP contribution in [0.5, 0.6) is 11.5 Å². The van der Waals surface area contributed by atoms with Crippen LogP contribution in [0, 0.1) is 0 Å². The molecule has 1 amide bonds. The summed E-state index contributed by atoms with van der Waals surface area (Å²) in [4.78, 5) is 12.9. The molecule has 0 aromatic heterocycles. The van der Waals surface area contributed by atoms with Crippen LogP contribution in [0.2, 0.25) is 0 Å². The molecular formula is C14H20N2O6S. The summed E-state index contributed by atoms with van der Waals surface area (Å²) in [7, 11) is -0.816. The number of sulfonamides is 1. The lowest BCUT2D eigenvalue weighted by molar-refractivity contribution is 0.158. The van der Waals surface area contributed by atoms with E-state index in [0.717, 1.165) is 0 Å². The Morgan fingerprint density at radius 1 is 1.30 bits per heavy atom. The predicted molar refractivity (Wildman–Crippen MR) is 82.3 cm³/mol. The van der Waals surface area contributed by atoms with Crippen molar-refractivity contribution in [2.45, 2.75) is 11.3 Å². The number of carbonyl (C=O) groups is 1. The summed E-state index contributed by atoms with van der Waals surface area (Å²) in [6.45, 7) is 1.58. The van der Waals surface area contributed by atoms with Gasteiger partial charge in [-0.2, -0.15) is 0 Å². The Bertz CT molecular complexity index is 661. The molecule has 0 spiro atoms. The number of amides is 1. The first kappa shape index (κ1) is 17.4. The first-order valence-corrected chi connectivity index (χ1v) is 8.59. The number of hydrogen-bond acceptors (Lipinski definition) is 6. The zero-order valence-corrected chi connectivity index (χ0v) is 13.9. The Kier molecular flexibility index (Phi) is 5.67. The highest BCUT2D eigenvalue weighted by Crippen LogP contribution is 2.28. The van der Waals surface area contributed by atoms with Crippen molar-refractivity contribution in [3.8, 4) is 11.5 Å². The number of carbonyl (C=O) groups excluding carboxylic acids is 1. The average molecular weight is 344 g/mol. The van der Waals surface area contributed by atoms with E-state index in [1.807, 2.05) is 0 Å². The molecule has 0 atom stereocenters. The Morgan fingerprint density at radius 2 is 2.09 bits per heavy atom. The number of nitrogens with zero attached hydrogens (tertiary/aromatic N) is 1. The summed E-state index contributed by atoms with van der Waals surface area (Å²) in [5.41, 5.74) is 0. The summed E-state index contributed by atoms with van der Waals surface area (Å²) < 4.78 is 42.1.